The van der Waals surface area contributed by atoms with E-state index in [-0.39, 0.29) is 6.09 Å². The maximum Gasteiger partial charge on any atom is 0.407 e. The quantitative estimate of drug-likeness (QED) is 0.789. The van der Waals surface area contributed by atoms with Gasteiger partial charge in [-0.1, -0.05) is 6.07 Å². The lowest BCUT2D eigenvalue weighted by Gasteiger charge is -2.19. The molecule has 100 valence electrons. The number of anilines is 1. The van der Waals surface area contributed by atoms with Gasteiger partial charge >= 0.3 is 6.09 Å². The normalized spacial score (nSPS) is 10.8. The molecule has 0 aliphatic rings. The number of hydrogen-bond donors (Lipinski definition) is 2. The second-order valence-corrected chi connectivity index (χ2v) is 4.92. The zero-order valence-electron chi connectivity index (χ0n) is 11.2. The summed E-state index contributed by atoms with van der Waals surface area (Å²) in [6.45, 7) is 6.86. The molecule has 1 aromatic rings. The molecule has 0 fully saturated rings. The number of aromatic nitrogens is 1. The molecule has 2 N–H and O–H groups in total. The summed E-state index contributed by atoms with van der Waals surface area (Å²) in [6.07, 6.45) is 2.18. The van der Waals surface area contributed by atoms with Crippen molar-refractivity contribution < 1.29 is 9.53 Å². The van der Waals surface area contributed by atoms with Crippen LogP contribution in [0.3, 0.4) is 0 Å². The highest BCUT2D eigenvalue weighted by Crippen LogP contribution is 2.06. The van der Waals surface area contributed by atoms with E-state index in [2.05, 4.69) is 15.6 Å². The Kier molecular flexibility index (Phi) is 5.42. The lowest BCUT2D eigenvalue weighted by Crippen LogP contribution is -2.33. The van der Waals surface area contributed by atoms with Crippen molar-refractivity contribution >= 4 is 11.9 Å². The van der Waals surface area contributed by atoms with Crippen LogP contribution in [-0.4, -0.2) is 29.8 Å². The van der Waals surface area contributed by atoms with Crippen LogP contribution < -0.4 is 10.6 Å². The van der Waals surface area contributed by atoms with Gasteiger partial charge in [-0.05, 0) is 39.3 Å². The molecule has 5 nitrogen and oxygen atoms in total. The van der Waals surface area contributed by atoms with Gasteiger partial charge in [0, 0.05) is 19.3 Å². The molecule has 0 bridgehead atoms. The summed E-state index contributed by atoms with van der Waals surface area (Å²) >= 11 is 0. The Morgan fingerprint density at radius 3 is 2.72 bits per heavy atom. The molecule has 0 aliphatic carbocycles. The average molecular weight is 251 g/mol. The summed E-state index contributed by atoms with van der Waals surface area (Å²) in [7, 11) is 0. The molecular formula is C13H21N3O2. The summed E-state index contributed by atoms with van der Waals surface area (Å²) in [5.74, 6) is 0.842. The molecule has 0 saturated heterocycles. The minimum Gasteiger partial charge on any atom is -0.444 e. The van der Waals surface area contributed by atoms with Gasteiger partial charge in [-0.25, -0.2) is 9.78 Å². The van der Waals surface area contributed by atoms with Gasteiger partial charge in [0.25, 0.3) is 0 Å². The first kappa shape index (κ1) is 14.3. The van der Waals surface area contributed by atoms with Gasteiger partial charge in [-0.15, -0.1) is 0 Å². The van der Waals surface area contributed by atoms with Crippen LogP contribution in [0.2, 0.25) is 0 Å². The van der Waals surface area contributed by atoms with E-state index in [0.717, 1.165) is 18.8 Å². The zero-order valence-corrected chi connectivity index (χ0v) is 11.2. The van der Waals surface area contributed by atoms with Crippen molar-refractivity contribution in [3.05, 3.63) is 24.4 Å². The van der Waals surface area contributed by atoms with E-state index in [1.54, 1.807) is 6.20 Å². The largest absolute Gasteiger partial charge is 0.444 e. The SMILES string of the molecule is CC(C)(C)OC(=O)NCCCNc1ccccn1. The van der Waals surface area contributed by atoms with E-state index in [9.17, 15) is 4.79 Å². The highest BCUT2D eigenvalue weighted by Gasteiger charge is 2.15. The van der Waals surface area contributed by atoms with Crippen LogP contribution in [0.1, 0.15) is 27.2 Å². The molecule has 18 heavy (non-hydrogen) atoms. The lowest BCUT2D eigenvalue weighted by atomic mass is 10.2. The molecule has 0 saturated carbocycles. The van der Waals surface area contributed by atoms with E-state index in [1.165, 1.54) is 0 Å². The number of nitrogens with one attached hydrogen (secondary N) is 2. The molecule has 0 atom stereocenters. The van der Waals surface area contributed by atoms with Gasteiger partial charge in [-0.3, -0.25) is 0 Å². The van der Waals surface area contributed by atoms with Crippen LogP contribution in [0.15, 0.2) is 24.4 Å². The second kappa shape index (κ2) is 6.83. The molecule has 1 aromatic heterocycles. The Hall–Kier alpha value is -1.78. The number of pyridine rings is 1. The minimum atomic E-state index is -0.448. The zero-order chi connectivity index (χ0) is 13.4. The van der Waals surface area contributed by atoms with Crippen molar-refractivity contribution in [3.8, 4) is 0 Å². The Balaban J connectivity index is 2.07. The molecule has 0 radical (unpaired) electrons. The van der Waals surface area contributed by atoms with Crippen LogP contribution in [0, 0.1) is 0 Å². The third-order valence-electron chi connectivity index (χ3n) is 1.99. The van der Waals surface area contributed by atoms with Crippen molar-refractivity contribution in [3.63, 3.8) is 0 Å². The third kappa shape index (κ3) is 6.73. The van der Waals surface area contributed by atoms with E-state index < -0.39 is 5.60 Å². The number of carbonyl (C=O) groups is 1. The standard InChI is InChI=1S/C13H21N3O2/c1-13(2,3)18-12(17)16-10-6-9-15-11-7-4-5-8-14-11/h4-5,7-8H,6,9-10H2,1-3H3,(H,14,15)(H,16,17). The Morgan fingerprint density at radius 2 is 2.11 bits per heavy atom. The van der Waals surface area contributed by atoms with E-state index in [1.807, 2.05) is 39.0 Å². The Labute approximate surface area is 108 Å². The third-order valence-corrected chi connectivity index (χ3v) is 1.99. The molecule has 1 rings (SSSR count). The number of rotatable bonds is 5. The summed E-state index contributed by atoms with van der Waals surface area (Å²) in [5, 5.41) is 5.87. The van der Waals surface area contributed by atoms with E-state index in [0.29, 0.717) is 6.54 Å². The van der Waals surface area contributed by atoms with Crippen LogP contribution in [0.25, 0.3) is 0 Å². The summed E-state index contributed by atoms with van der Waals surface area (Å²) in [5.41, 5.74) is -0.448. The summed E-state index contributed by atoms with van der Waals surface area (Å²) < 4.78 is 5.12. The molecule has 0 aromatic carbocycles. The Bertz CT molecular complexity index is 360. The van der Waals surface area contributed by atoms with Crippen molar-refractivity contribution in [2.24, 2.45) is 0 Å². The number of nitrogens with zero attached hydrogens (tertiary/aromatic N) is 1. The van der Waals surface area contributed by atoms with Gasteiger partial charge in [0.2, 0.25) is 0 Å². The molecular weight excluding hydrogens is 230 g/mol. The van der Waals surface area contributed by atoms with Crippen LogP contribution in [0.4, 0.5) is 10.6 Å². The maximum atomic E-state index is 11.3. The topological polar surface area (TPSA) is 63.2 Å². The summed E-state index contributed by atoms with van der Waals surface area (Å²) in [6, 6.07) is 5.70. The lowest BCUT2D eigenvalue weighted by molar-refractivity contribution is 0.0528. The molecule has 1 heterocycles. The maximum absolute atomic E-state index is 11.3. The van der Waals surface area contributed by atoms with Crippen LogP contribution >= 0.6 is 0 Å². The molecule has 0 aliphatic heterocycles. The van der Waals surface area contributed by atoms with Gasteiger partial charge in [0.1, 0.15) is 11.4 Å². The van der Waals surface area contributed by atoms with Gasteiger partial charge in [0.15, 0.2) is 0 Å². The first-order valence-electron chi connectivity index (χ1n) is 6.09. The number of amides is 1. The molecule has 1 amide bonds. The van der Waals surface area contributed by atoms with Gasteiger partial charge in [-0.2, -0.15) is 0 Å². The number of alkyl carbamates (subject to hydrolysis) is 1. The molecule has 0 spiro atoms. The number of carbonyl (C=O) groups excluding carboxylic acids is 1. The van der Waals surface area contributed by atoms with Crippen molar-refractivity contribution in [2.45, 2.75) is 32.8 Å². The predicted octanol–water partition coefficient (Wildman–Crippen LogP) is 2.41. The fraction of sp³-hybridized carbons (Fsp3) is 0.538. The van der Waals surface area contributed by atoms with Crippen molar-refractivity contribution in [2.75, 3.05) is 18.4 Å². The Morgan fingerprint density at radius 1 is 1.33 bits per heavy atom. The molecule has 0 unspecified atom stereocenters. The van der Waals surface area contributed by atoms with Gasteiger partial charge in [0.05, 0.1) is 0 Å². The van der Waals surface area contributed by atoms with Crippen molar-refractivity contribution in [1.82, 2.24) is 10.3 Å². The number of ether oxygens (including phenoxy) is 1. The first-order valence-corrected chi connectivity index (χ1v) is 6.09. The second-order valence-electron chi connectivity index (χ2n) is 4.92. The van der Waals surface area contributed by atoms with Crippen LogP contribution in [-0.2, 0) is 4.74 Å². The van der Waals surface area contributed by atoms with Crippen LogP contribution in [0.5, 0.6) is 0 Å². The van der Waals surface area contributed by atoms with E-state index >= 15 is 0 Å². The van der Waals surface area contributed by atoms with Crippen molar-refractivity contribution in [1.29, 1.82) is 0 Å². The smallest absolute Gasteiger partial charge is 0.407 e. The predicted molar refractivity (Wildman–Crippen MR) is 71.6 cm³/mol. The molecule has 5 heteroatoms. The fourth-order valence-corrected chi connectivity index (χ4v) is 1.28. The number of hydrogen-bond acceptors (Lipinski definition) is 4. The van der Waals surface area contributed by atoms with E-state index in [4.69, 9.17) is 4.74 Å². The monoisotopic (exact) mass is 251 g/mol. The minimum absolute atomic E-state index is 0.375. The average Bonchev–Trinajstić information content (AvgIpc) is 2.27. The van der Waals surface area contributed by atoms with Gasteiger partial charge < -0.3 is 15.4 Å². The highest BCUT2D eigenvalue weighted by molar-refractivity contribution is 5.67. The summed E-state index contributed by atoms with van der Waals surface area (Å²) in [4.78, 5) is 15.5. The fourth-order valence-electron chi connectivity index (χ4n) is 1.28. The first-order chi connectivity index (χ1) is 8.47. The highest BCUT2D eigenvalue weighted by atomic mass is 16.6.